The van der Waals surface area contributed by atoms with E-state index in [1.54, 1.807) is 10.9 Å². The van der Waals surface area contributed by atoms with Gasteiger partial charge in [-0.3, -0.25) is 4.79 Å². The third kappa shape index (κ3) is 2.58. The molecule has 20 heavy (non-hydrogen) atoms. The van der Waals surface area contributed by atoms with E-state index < -0.39 is 0 Å². The van der Waals surface area contributed by atoms with Gasteiger partial charge in [-0.1, -0.05) is 6.07 Å². The molecule has 1 fully saturated rings. The van der Waals surface area contributed by atoms with Crippen molar-refractivity contribution in [3.63, 3.8) is 0 Å². The molecular weight excluding hydrogens is 252 g/mol. The minimum atomic E-state index is 0.0901. The zero-order valence-electron chi connectivity index (χ0n) is 11.5. The van der Waals surface area contributed by atoms with E-state index in [-0.39, 0.29) is 5.91 Å². The number of aromatic nitrogens is 2. The van der Waals surface area contributed by atoms with E-state index in [2.05, 4.69) is 17.3 Å². The summed E-state index contributed by atoms with van der Waals surface area (Å²) in [7, 11) is 0. The van der Waals surface area contributed by atoms with E-state index in [9.17, 15) is 4.79 Å². The van der Waals surface area contributed by atoms with Gasteiger partial charge in [-0.2, -0.15) is 5.10 Å². The highest BCUT2D eigenvalue weighted by Gasteiger charge is 2.21. The van der Waals surface area contributed by atoms with E-state index >= 15 is 0 Å². The van der Waals surface area contributed by atoms with Gasteiger partial charge in [-0.15, -0.1) is 0 Å². The Bertz CT molecular complexity index is 594. The number of carbonyl (C=O) groups is 1. The van der Waals surface area contributed by atoms with Crippen molar-refractivity contribution in [2.24, 2.45) is 0 Å². The Morgan fingerprint density at radius 1 is 1.40 bits per heavy atom. The Balaban J connectivity index is 1.83. The molecule has 1 saturated heterocycles. The molecule has 0 bridgehead atoms. The van der Waals surface area contributed by atoms with Crippen LogP contribution < -0.4 is 5.32 Å². The van der Waals surface area contributed by atoms with Crippen LogP contribution in [0.2, 0.25) is 0 Å². The van der Waals surface area contributed by atoms with Crippen molar-refractivity contribution in [3.05, 3.63) is 48.3 Å². The Hall–Kier alpha value is -2.14. The van der Waals surface area contributed by atoms with Gasteiger partial charge in [0, 0.05) is 43.6 Å². The van der Waals surface area contributed by atoms with Crippen LogP contribution in [0.1, 0.15) is 17.3 Å². The van der Waals surface area contributed by atoms with Crippen LogP contribution in [0.5, 0.6) is 0 Å². The van der Waals surface area contributed by atoms with Crippen molar-refractivity contribution < 1.29 is 4.79 Å². The molecule has 5 nitrogen and oxygen atoms in total. The van der Waals surface area contributed by atoms with Crippen molar-refractivity contribution in [1.82, 2.24) is 20.0 Å². The van der Waals surface area contributed by atoms with Crippen molar-refractivity contribution in [1.29, 1.82) is 0 Å². The van der Waals surface area contributed by atoms with Crippen LogP contribution in [0.4, 0.5) is 0 Å². The number of hydrogen-bond acceptors (Lipinski definition) is 3. The predicted molar refractivity (Wildman–Crippen MR) is 76.9 cm³/mol. The predicted octanol–water partition coefficient (Wildman–Crippen LogP) is 1.31. The molecule has 1 N–H and O–H groups in total. The third-order valence-electron chi connectivity index (χ3n) is 3.52. The number of rotatable bonds is 2. The second kappa shape index (κ2) is 5.46. The molecule has 5 heteroatoms. The average molecular weight is 270 g/mol. The minimum absolute atomic E-state index is 0.0901. The van der Waals surface area contributed by atoms with E-state index in [1.165, 1.54) is 0 Å². The summed E-state index contributed by atoms with van der Waals surface area (Å²) in [6.07, 6.45) is 3.60. The second-order valence-electron chi connectivity index (χ2n) is 5.11. The first kappa shape index (κ1) is 12.9. The van der Waals surface area contributed by atoms with Crippen molar-refractivity contribution >= 4 is 5.91 Å². The number of piperazine rings is 1. The molecule has 2 aromatic rings. The molecule has 104 valence electrons. The van der Waals surface area contributed by atoms with Gasteiger partial charge in [-0.25, -0.2) is 4.68 Å². The maximum Gasteiger partial charge on any atom is 0.254 e. The Morgan fingerprint density at radius 2 is 2.30 bits per heavy atom. The molecule has 0 unspecified atom stereocenters. The van der Waals surface area contributed by atoms with Crippen LogP contribution in [0, 0.1) is 0 Å². The zero-order valence-corrected chi connectivity index (χ0v) is 11.5. The molecule has 1 aliphatic heterocycles. The first-order valence-electron chi connectivity index (χ1n) is 6.87. The lowest BCUT2D eigenvalue weighted by Crippen LogP contribution is -2.51. The fraction of sp³-hybridized carbons (Fsp3) is 0.333. The number of amides is 1. The van der Waals surface area contributed by atoms with E-state index in [1.807, 2.05) is 41.4 Å². The molecule has 0 saturated carbocycles. The largest absolute Gasteiger partial charge is 0.336 e. The highest BCUT2D eigenvalue weighted by atomic mass is 16.2. The summed E-state index contributed by atoms with van der Waals surface area (Å²) >= 11 is 0. The molecule has 0 spiro atoms. The number of hydrogen-bond donors (Lipinski definition) is 1. The number of nitrogens with zero attached hydrogens (tertiary/aromatic N) is 3. The highest BCUT2D eigenvalue weighted by Crippen LogP contribution is 2.13. The van der Waals surface area contributed by atoms with Crippen molar-refractivity contribution in [2.75, 3.05) is 19.6 Å². The monoisotopic (exact) mass is 270 g/mol. The van der Waals surface area contributed by atoms with Gasteiger partial charge in [0.2, 0.25) is 0 Å². The summed E-state index contributed by atoms with van der Waals surface area (Å²) in [5.74, 6) is 0.0901. The maximum atomic E-state index is 12.5. The lowest BCUT2D eigenvalue weighted by atomic mass is 10.1. The topological polar surface area (TPSA) is 50.2 Å². The van der Waals surface area contributed by atoms with Crippen LogP contribution >= 0.6 is 0 Å². The molecule has 1 aromatic heterocycles. The maximum absolute atomic E-state index is 12.5. The zero-order chi connectivity index (χ0) is 13.9. The molecule has 1 atom stereocenters. The van der Waals surface area contributed by atoms with Crippen molar-refractivity contribution in [2.45, 2.75) is 13.0 Å². The average Bonchev–Trinajstić information content (AvgIpc) is 3.01. The van der Waals surface area contributed by atoms with E-state index in [0.717, 1.165) is 25.3 Å². The molecule has 2 heterocycles. The molecule has 1 aliphatic rings. The summed E-state index contributed by atoms with van der Waals surface area (Å²) in [5.41, 5.74) is 1.62. The van der Waals surface area contributed by atoms with E-state index in [4.69, 9.17) is 0 Å². The number of nitrogens with one attached hydrogen (secondary N) is 1. The number of carbonyl (C=O) groups excluding carboxylic acids is 1. The van der Waals surface area contributed by atoms with Gasteiger partial charge >= 0.3 is 0 Å². The first-order chi connectivity index (χ1) is 9.74. The summed E-state index contributed by atoms with van der Waals surface area (Å²) in [5, 5.41) is 7.54. The van der Waals surface area contributed by atoms with Gasteiger partial charge in [0.15, 0.2) is 0 Å². The SMILES string of the molecule is C[C@H]1CN(C(=O)c2cccc(-n3cccn3)c2)CCN1. The lowest BCUT2D eigenvalue weighted by Gasteiger charge is -2.32. The smallest absolute Gasteiger partial charge is 0.254 e. The second-order valence-corrected chi connectivity index (χ2v) is 5.11. The lowest BCUT2D eigenvalue weighted by molar-refractivity contribution is 0.0709. The molecule has 0 radical (unpaired) electrons. The molecule has 3 rings (SSSR count). The minimum Gasteiger partial charge on any atom is -0.336 e. The Kier molecular flexibility index (Phi) is 3.52. The molecule has 1 amide bonds. The first-order valence-corrected chi connectivity index (χ1v) is 6.87. The fourth-order valence-electron chi connectivity index (χ4n) is 2.50. The fourth-order valence-corrected chi connectivity index (χ4v) is 2.50. The van der Waals surface area contributed by atoms with Gasteiger partial charge in [0.05, 0.1) is 5.69 Å². The highest BCUT2D eigenvalue weighted by molar-refractivity contribution is 5.94. The normalized spacial score (nSPS) is 19.1. The summed E-state index contributed by atoms with van der Waals surface area (Å²) < 4.78 is 1.76. The summed E-state index contributed by atoms with van der Waals surface area (Å²) in [6, 6.07) is 9.82. The molecule has 1 aromatic carbocycles. The van der Waals surface area contributed by atoms with Crippen LogP contribution in [-0.2, 0) is 0 Å². The van der Waals surface area contributed by atoms with Gasteiger partial charge in [-0.05, 0) is 31.2 Å². The van der Waals surface area contributed by atoms with E-state index in [0.29, 0.717) is 11.6 Å². The van der Waals surface area contributed by atoms with Gasteiger partial charge < -0.3 is 10.2 Å². The third-order valence-corrected chi connectivity index (χ3v) is 3.52. The van der Waals surface area contributed by atoms with Crippen LogP contribution in [-0.4, -0.2) is 46.3 Å². The number of benzene rings is 1. The standard InChI is InChI=1S/C15H18N4O/c1-12-11-18(9-7-16-12)15(20)13-4-2-5-14(10-13)19-8-3-6-17-19/h2-6,8,10,12,16H,7,9,11H2,1H3/t12-/m0/s1. The Morgan fingerprint density at radius 3 is 3.05 bits per heavy atom. The molecule has 0 aliphatic carbocycles. The summed E-state index contributed by atoms with van der Waals surface area (Å²) in [6.45, 7) is 4.46. The summed E-state index contributed by atoms with van der Waals surface area (Å²) in [4.78, 5) is 14.4. The van der Waals surface area contributed by atoms with Crippen LogP contribution in [0.25, 0.3) is 5.69 Å². The van der Waals surface area contributed by atoms with Crippen molar-refractivity contribution in [3.8, 4) is 5.69 Å². The van der Waals surface area contributed by atoms with Gasteiger partial charge in [0.1, 0.15) is 0 Å². The van der Waals surface area contributed by atoms with Crippen LogP contribution in [0.15, 0.2) is 42.7 Å². The molecular formula is C15H18N4O. The Labute approximate surface area is 118 Å². The van der Waals surface area contributed by atoms with Gasteiger partial charge in [0.25, 0.3) is 5.91 Å². The van der Waals surface area contributed by atoms with Crippen LogP contribution in [0.3, 0.4) is 0 Å². The quantitative estimate of drug-likeness (QED) is 0.895.